The van der Waals surface area contributed by atoms with Crippen LogP contribution in [0, 0.1) is 0 Å². The van der Waals surface area contributed by atoms with E-state index in [4.69, 9.17) is 0 Å². The van der Waals surface area contributed by atoms with E-state index in [1.807, 2.05) is 0 Å². The van der Waals surface area contributed by atoms with Crippen molar-refractivity contribution in [3.8, 4) is 0 Å². The highest BCUT2D eigenvalue weighted by atomic mass is 19.4. The first-order valence-electron chi connectivity index (χ1n) is 6.10. The molecule has 2 heterocycles. The van der Waals surface area contributed by atoms with E-state index in [9.17, 15) is 13.2 Å². The zero-order valence-electron chi connectivity index (χ0n) is 11.1. The molecule has 0 saturated carbocycles. The highest BCUT2D eigenvalue weighted by Gasteiger charge is 2.30. The van der Waals surface area contributed by atoms with Gasteiger partial charge >= 0.3 is 6.18 Å². The van der Waals surface area contributed by atoms with Crippen LogP contribution in [0.25, 0.3) is 11.3 Å². The third-order valence-corrected chi connectivity index (χ3v) is 2.80. The van der Waals surface area contributed by atoms with E-state index in [0.29, 0.717) is 5.82 Å². The van der Waals surface area contributed by atoms with Crippen molar-refractivity contribution in [1.82, 2.24) is 20.3 Å². The van der Waals surface area contributed by atoms with E-state index in [1.165, 1.54) is 12.1 Å². The Kier molecular flexibility index (Phi) is 3.28. The molecule has 0 atom stereocenters. The Balaban J connectivity index is 1.99. The van der Waals surface area contributed by atoms with Crippen LogP contribution in [0.2, 0.25) is 0 Å². The van der Waals surface area contributed by atoms with Crippen molar-refractivity contribution in [3.05, 3.63) is 29.8 Å². The molecule has 114 valence electrons. The average molecular weight is 310 g/mol. The van der Waals surface area contributed by atoms with Gasteiger partial charge in [-0.2, -0.15) is 13.2 Å². The van der Waals surface area contributed by atoms with Crippen molar-refractivity contribution in [3.63, 3.8) is 0 Å². The van der Waals surface area contributed by atoms with E-state index in [2.05, 4.69) is 35.5 Å². The molecule has 10 heteroatoms. The fourth-order valence-electron chi connectivity index (χ4n) is 1.81. The number of benzene rings is 1. The van der Waals surface area contributed by atoms with Crippen molar-refractivity contribution in [2.24, 2.45) is 0 Å². The van der Waals surface area contributed by atoms with Crippen molar-refractivity contribution < 1.29 is 17.8 Å². The second kappa shape index (κ2) is 5.13. The molecule has 0 spiro atoms. The number of alkyl halides is 3. The van der Waals surface area contributed by atoms with Gasteiger partial charge in [0.25, 0.3) is 0 Å². The third-order valence-electron chi connectivity index (χ3n) is 2.80. The normalized spacial score (nSPS) is 11.6. The maximum absolute atomic E-state index is 12.7. The molecule has 7 nitrogen and oxygen atoms in total. The highest BCUT2D eigenvalue weighted by molar-refractivity contribution is 5.76. The predicted octanol–water partition coefficient (Wildman–Crippen LogP) is 2.82. The Hall–Kier alpha value is -2.91. The SMILES string of the molecule is CNc1nc2nonc2nc1Nc1cccc(C(F)(F)F)c1. The maximum atomic E-state index is 12.7. The fraction of sp³-hybridized carbons (Fsp3) is 0.167. The molecular formula is C12H9F3N6O. The Morgan fingerprint density at radius 1 is 1.05 bits per heavy atom. The number of hydrogen-bond acceptors (Lipinski definition) is 7. The number of halogens is 3. The summed E-state index contributed by atoms with van der Waals surface area (Å²) in [6, 6.07) is 4.75. The molecule has 0 aliphatic rings. The standard InChI is InChI=1S/C12H9F3N6O/c1-16-8-9(19-11-10(18-8)20-22-21-11)17-7-4-2-3-6(5-7)12(13,14)15/h2-5H,1H3,(H,16,18,20)(H,17,19,21). The molecule has 0 aliphatic heterocycles. The average Bonchev–Trinajstić information content (AvgIpc) is 2.93. The maximum Gasteiger partial charge on any atom is 0.416 e. The first-order valence-corrected chi connectivity index (χ1v) is 6.10. The minimum absolute atomic E-state index is 0.147. The molecule has 22 heavy (non-hydrogen) atoms. The Labute approximate surface area is 121 Å². The molecule has 0 bridgehead atoms. The van der Waals surface area contributed by atoms with Crippen LogP contribution in [-0.2, 0) is 6.18 Å². The van der Waals surface area contributed by atoms with E-state index in [0.717, 1.165) is 12.1 Å². The summed E-state index contributed by atoms with van der Waals surface area (Å²) < 4.78 is 42.7. The van der Waals surface area contributed by atoms with Gasteiger partial charge in [-0.15, -0.1) is 0 Å². The molecule has 3 rings (SSSR count). The molecular weight excluding hydrogens is 301 g/mol. The number of hydrogen-bond donors (Lipinski definition) is 2. The van der Waals surface area contributed by atoms with E-state index in [-0.39, 0.29) is 22.8 Å². The number of anilines is 3. The smallest absolute Gasteiger partial charge is 0.370 e. The number of aromatic nitrogens is 4. The number of nitrogens with one attached hydrogen (secondary N) is 2. The molecule has 0 unspecified atom stereocenters. The Morgan fingerprint density at radius 2 is 1.73 bits per heavy atom. The van der Waals surface area contributed by atoms with Gasteiger partial charge in [-0.1, -0.05) is 6.07 Å². The van der Waals surface area contributed by atoms with Crippen molar-refractivity contribution in [1.29, 1.82) is 0 Å². The summed E-state index contributed by atoms with van der Waals surface area (Å²) in [4.78, 5) is 8.20. The number of rotatable bonds is 3. The van der Waals surface area contributed by atoms with Gasteiger partial charge in [-0.05, 0) is 28.5 Å². The summed E-state index contributed by atoms with van der Waals surface area (Å²) in [5.41, 5.74) is -0.204. The zero-order chi connectivity index (χ0) is 15.7. The zero-order valence-corrected chi connectivity index (χ0v) is 11.1. The van der Waals surface area contributed by atoms with Crippen LogP contribution in [0.3, 0.4) is 0 Å². The summed E-state index contributed by atoms with van der Waals surface area (Å²) in [6.07, 6.45) is -4.42. The molecule has 0 amide bonds. The monoisotopic (exact) mass is 310 g/mol. The van der Waals surface area contributed by atoms with Crippen LogP contribution in [0.1, 0.15) is 5.56 Å². The molecule has 2 N–H and O–H groups in total. The first kappa shape index (κ1) is 14.0. The molecule has 2 aromatic heterocycles. The van der Waals surface area contributed by atoms with E-state index in [1.54, 1.807) is 7.05 Å². The van der Waals surface area contributed by atoms with Gasteiger partial charge in [0.2, 0.25) is 11.3 Å². The van der Waals surface area contributed by atoms with Gasteiger partial charge in [-0.3, -0.25) is 0 Å². The van der Waals surface area contributed by atoms with E-state index < -0.39 is 11.7 Å². The van der Waals surface area contributed by atoms with Gasteiger partial charge in [-0.25, -0.2) is 14.6 Å². The topological polar surface area (TPSA) is 88.8 Å². The summed E-state index contributed by atoms with van der Waals surface area (Å²) in [6.45, 7) is 0. The van der Waals surface area contributed by atoms with Crippen molar-refractivity contribution >= 4 is 28.6 Å². The molecule has 1 aromatic carbocycles. The van der Waals surface area contributed by atoms with Crippen LogP contribution < -0.4 is 10.6 Å². The van der Waals surface area contributed by atoms with Crippen LogP contribution in [0.15, 0.2) is 28.9 Å². The van der Waals surface area contributed by atoms with Crippen molar-refractivity contribution in [2.45, 2.75) is 6.18 Å². The quantitative estimate of drug-likeness (QED) is 0.769. The largest absolute Gasteiger partial charge is 0.416 e. The van der Waals surface area contributed by atoms with Crippen LogP contribution >= 0.6 is 0 Å². The van der Waals surface area contributed by atoms with Crippen LogP contribution in [-0.4, -0.2) is 27.3 Å². The lowest BCUT2D eigenvalue weighted by Gasteiger charge is -2.11. The van der Waals surface area contributed by atoms with Gasteiger partial charge in [0, 0.05) is 12.7 Å². The number of nitrogens with zero attached hydrogens (tertiary/aromatic N) is 4. The number of fused-ring (bicyclic) bond motifs is 1. The minimum atomic E-state index is -4.42. The van der Waals surface area contributed by atoms with Crippen molar-refractivity contribution in [2.75, 3.05) is 17.7 Å². The second-order valence-electron chi connectivity index (χ2n) is 4.29. The van der Waals surface area contributed by atoms with Crippen LogP contribution in [0.4, 0.5) is 30.5 Å². The third kappa shape index (κ3) is 2.62. The van der Waals surface area contributed by atoms with Gasteiger partial charge in [0.15, 0.2) is 11.6 Å². The molecule has 0 aliphatic carbocycles. The Bertz CT molecular complexity index is 816. The summed E-state index contributed by atoms with van der Waals surface area (Å²) in [5.74, 6) is 0.519. The molecule has 0 saturated heterocycles. The van der Waals surface area contributed by atoms with E-state index >= 15 is 0 Å². The van der Waals surface area contributed by atoms with Crippen LogP contribution in [0.5, 0.6) is 0 Å². The second-order valence-corrected chi connectivity index (χ2v) is 4.29. The lowest BCUT2D eigenvalue weighted by Crippen LogP contribution is -2.06. The lowest BCUT2D eigenvalue weighted by molar-refractivity contribution is -0.137. The first-order chi connectivity index (χ1) is 10.5. The van der Waals surface area contributed by atoms with Gasteiger partial charge in [0.1, 0.15) is 0 Å². The van der Waals surface area contributed by atoms with Gasteiger partial charge < -0.3 is 10.6 Å². The lowest BCUT2D eigenvalue weighted by atomic mass is 10.2. The molecule has 0 fully saturated rings. The minimum Gasteiger partial charge on any atom is -0.370 e. The van der Waals surface area contributed by atoms with Gasteiger partial charge in [0.05, 0.1) is 5.56 Å². The predicted molar refractivity (Wildman–Crippen MR) is 71.7 cm³/mol. The Morgan fingerprint density at radius 3 is 2.36 bits per heavy atom. The summed E-state index contributed by atoms with van der Waals surface area (Å²) in [7, 11) is 1.60. The molecule has 0 radical (unpaired) electrons. The summed E-state index contributed by atoms with van der Waals surface area (Å²) >= 11 is 0. The fourth-order valence-corrected chi connectivity index (χ4v) is 1.81. The molecule has 3 aromatic rings. The highest BCUT2D eigenvalue weighted by Crippen LogP contribution is 2.32. The summed E-state index contributed by atoms with van der Waals surface area (Å²) in [5, 5.41) is 12.6.